The molecule has 2 aliphatic heterocycles. The summed E-state index contributed by atoms with van der Waals surface area (Å²) in [6.45, 7) is 0.923. The van der Waals surface area contributed by atoms with Crippen LogP contribution in [0.5, 0.6) is 0 Å². The maximum atomic E-state index is 13.4. The van der Waals surface area contributed by atoms with Crippen molar-refractivity contribution in [2.75, 3.05) is 0 Å². The summed E-state index contributed by atoms with van der Waals surface area (Å²) in [7, 11) is 0. The molecular formula is C23H25FN2O. The Morgan fingerprint density at radius 1 is 1.11 bits per heavy atom. The van der Waals surface area contributed by atoms with Crippen molar-refractivity contribution in [1.82, 2.24) is 4.90 Å². The van der Waals surface area contributed by atoms with Crippen molar-refractivity contribution in [3.05, 3.63) is 71.0 Å². The lowest BCUT2D eigenvalue weighted by molar-refractivity contribution is -0.0947. The molecule has 3 nitrogen and oxygen atoms in total. The molecule has 0 amide bonds. The van der Waals surface area contributed by atoms with Crippen LogP contribution in [0, 0.1) is 17.1 Å². The average molecular weight is 364 g/mol. The summed E-state index contributed by atoms with van der Waals surface area (Å²) in [5.41, 5.74) is 1.56. The highest BCUT2D eigenvalue weighted by molar-refractivity contribution is 5.39. The molecule has 0 aromatic heterocycles. The van der Waals surface area contributed by atoms with E-state index in [9.17, 15) is 14.8 Å². The van der Waals surface area contributed by atoms with Gasteiger partial charge in [0.1, 0.15) is 5.82 Å². The van der Waals surface area contributed by atoms with Gasteiger partial charge >= 0.3 is 0 Å². The minimum Gasteiger partial charge on any atom is -0.389 e. The van der Waals surface area contributed by atoms with Crippen molar-refractivity contribution in [2.24, 2.45) is 0 Å². The van der Waals surface area contributed by atoms with E-state index in [0.717, 1.165) is 24.9 Å². The first-order valence-corrected chi connectivity index (χ1v) is 9.77. The Balaban J connectivity index is 1.53. The van der Waals surface area contributed by atoms with Crippen LogP contribution in [0.2, 0.25) is 0 Å². The summed E-state index contributed by atoms with van der Waals surface area (Å²) in [4.78, 5) is 2.56. The van der Waals surface area contributed by atoms with Crippen LogP contribution in [0.4, 0.5) is 4.39 Å². The first kappa shape index (κ1) is 18.2. The average Bonchev–Trinajstić information content (AvgIpc) is 2.65. The zero-order valence-electron chi connectivity index (χ0n) is 15.4. The fourth-order valence-electron chi connectivity index (χ4n) is 4.98. The van der Waals surface area contributed by atoms with E-state index in [1.165, 1.54) is 24.1 Å². The van der Waals surface area contributed by atoms with Gasteiger partial charge in [-0.25, -0.2) is 4.39 Å². The Bertz CT molecular complexity index is 831. The second-order valence-corrected chi connectivity index (χ2v) is 8.12. The number of benzene rings is 2. The smallest absolute Gasteiger partial charge is 0.124 e. The molecule has 2 saturated heterocycles. The normalized spacial score (nSPS) is 27.9. The molecule has 2 aromatic carbocycles. The predicted molar refractivity (Wildman–Crippen MR) is 102 cm³/mol. The number of hydrogen-bond acceptors (Lipinski definition) is 3. The molecule has 4 heteroatoms. The molecule has 4 rings (SSSR count). The van der Waals surface area contributed by atoms with E-state index in [1.807, 2.05) is 6.07 Å². The van der Waals surface area contributed by atoms with Crippen molar-refractivity contribution < 1.29 is 9.50 Å². The van der Waals surface area contributed by atoms with Crippen LogP contribution < -0.4 is 0 Å². The van der Waals surface area contributed by atoms with E-state index in [0.29, 0.717) is 36.9 Å². The third-order valence-corrected chi connectivity index (χ3v) is 6.16. The largest absolute Gasteiger partial charge is 0.389 e. The minimum atomic E-state index is -0.827. The SMILES string of the molecule is N#Cc1cc(F)ccc1CC1(O)CC2CCCC(C1)N2Cc1ccccc1. The summed E-state index contributed by atoms with van der Waals surface area (Å²) in [5.74, 6) is -0.406. The molecule has 2 atom stereocenters. The van der Waals surface area contributed by atoms with Gasteiger partial charge < -0.3 is 5.11 Å². The van der Waals surface area contributed by atoms with Gasteiger partial charge in [0, 0.05) is 25.0 Å². The van der Waals surface area contributed by atoms with Crippen LogP contribution in [-0.2, 0) is 13.0 Å². The van der Waals surface area contributed by atoms with Crippen LogP contribution in [0.1, 0.15) is 48.8 Å². The number of nitrogens with zero attached hydrogens (tertiary/aromatic N) is 2. The van der Waals surface area contributed by atoms with Gasteiger partial charge in [-0.3, -0.25) is 4.90 Å². The number of piperidine rings is 2. The zero-order chi connectivity index (χ0) is 18.9. The van der Waals surface area contributed by atoms with Gasteiger partial charge in [-0.2, -0.15) is 5.26 Å². The highest BCUT2D eigenvalue weighted by atomic mass is 19.1. The third kappa shape index (κ3) is 3.90. The fraction of sp³-hybridized carbons (Fsp3) is 0.435. The number of fused-ring (bicyclic) bond motifs is 2. The topological polar surface area (TPSA) is 47.3 Å². The molecule has 0 saturated carbocycles. The number of halogens is 1. The summed E-state index contributed by atoms with van der Waals surface area (Å²) >= 11 is 0. The number of rotatable bonds is 4. The minimum absolute atomic E-state index is 0.334. The summed E-state index contributed by atoms with van der Waals surface area (Å²) in [6.07, 6.45) is 5.23. The Labute approximate surface area is 160 Å². The molecule has 2 aromatic rings. The Hall–Kier alpha value is -2.22. The number of hydrogen-bond donors (Lipinski definition) is 1. The van der Waals surface area contributed by atoms with Gasteiger partial charge in [0.2, 0.25) is 0 Å². The van der Waals surface area contributed by atoms with E-state index in [1.54, 1.807) is 6.07 Å². The summed E-state index contributed by atoms with van der Waals surface area (Å²) in [6, 6.07) is 17.6. The number of aliphatic hydroxyl groups is 1. The van der Waals surface area contributed by atoms with Gasteiger partial charge in [0.25, 0.3) is 0 Å². The molecule has 2 unspecified atom stereocenters. The maximum absolute atomic E-state index is 13.4. The highest BCUT2D eigenvalue weighted by Gasteiger charge is 2.45. The van der Waals surface area contributed by atoms with Gasteiger partial charge in [-0.05, 0) is 48.9 Å². The molecule has 140 valence electrons. The zero-order valence-corrected chi connectivity index (χ0v) is 15.4. The molecule has 2 aliphatic rings. The maximum Gasteiger partial charge on any atom is 0.124 e. The van der Waals surface area contributed by atoms with Crippen LogP contribution in [0.15, 0.2) is 48.5 Å². The fourth-order valence-corrected chi connectivity index (χ4v) is 4.98. The van der Waals surface area contributed by atoms with Crippen molar-refractivity contribution in [1.29, 1.82) is 5.26 Å². The first-order chi connectivity index (χ1) is 13.1. The predicted octanol–water partition coefficient (Wildman–Crippen LogP) is 4.19. The molecule has 2 fully saturated rings. The standard InChI is InChI=1S/C23H25FN2O/c24-20-10-9-18(19(11-20)15-25)12-23(27)13-21-7-4-8-22(14-23)26(21)16-17-5-2-1-3-6-17/h1-3,5-6,9-11,21-22,27H,4,7-8,12-14,16H2. The van der Waals surface area contributed by atoms with E-state index in [-0.39, 0.29) is 0 Å². The van der Waals surface area contributed by atoms with Crippen molar-refractivity contribution >= 4 is 0 Å². The molecule has 0 spiro atoms. The van der Waals surface area contributed by atoms with Crippen molar-refractivity contribution in [2.45, 2.75) is 62.8 Å². The first-order valence-electron chi connectivity index (χ1n) is 9.77. The lowest BCUT2D eigenvalue weighted by Crippen LogP contribution is -2.58. The summed E-state index contributed by atoms with van der Waals surface area (Å²) < 4.78 is 13.4. The molecule has 0 radical (unpaired) electrons. The van der Waals surface area contributed by atoms with Crippen LogP contribution >= 0.6 is 0 Å². The Morgan fingerprint density at radius 3 is 2.48 bits per heavy atom. The Morgan fingerprint density at radius 2 is 1.81 bits per heavy atom. The Kier molecular flexibility index (Phi) is 4.99. The van der Waals surface area contributed by atoms with E-state index in [4.69, 9.17) is 0 Å². The quantitative estimate of drug-likeness (QED) is 0.885. The van der Waals surface area contributed by atoms with E-state index >= 15 is 0 Å². The highest BCUT2D eigenvalue weighted by Crippen LogP contribution is 2.41. The summed E-state index contributed by atoms with van der Waals surface area (Å²) in [5, 5.41) is 20.7. The van der Waals surface area contributed by atoms with Gasteiger partial charge in [0.05, 0.1) is 17.2 Å². The van der Waals surface area contributed by atoms with Gasteiger partial charge in [0.15, 0.2) is 0 Å². The second-order valence-electron chi connectivity index (χ2n) is 8.12. The molecule has 1 N–H and O–H groups in total. The lowest BCUT2D eigenvalue weighted by Gasteiger charge is -2.52. The molecule has 2 bridgehead atoms. The van der Waals surface area contributed by atoms with E-state index in [2.05, 4.69) is 35.2 Å². The van der Waals surface area contributed by atoms with E-state index < -0.39 is 11.4 Å². The third-order valence-electron chi connectivity index (χ3n) is 6.16. The van der Waals surface area contributed by atoms with Gasteiger partial charge in [-0.1, -0.05) is 42.8 Å². The molecular weight excluding hydrogens is 339 g/mol. The van der Waals surface area contributed by atoms with Crippen molar-refractivity contribution in [3.8, 4) is 6.07 Å². The van der Waals surface area contributed by atoms with Crippen LogP contribution in [-0.4, -0.2) is 27.7 Å². The van der Waals surface area contributed by atoms with Crippen LogP contribution in [0.3, 0.4) is 0 Å². The monoisotopic (exact) mass is 364 g/mol. The second kappa shape index (κ2) is 7.42. The molecule has 2 heterocycles. The lowest BCUT2D eigenvalue weighted by atomic mass is 9.72. The molecule has 27 heavy (non-hydrogen) atoms. The van der Waals surface area contributed by atoms with Crippen LogP contribution in [0.25, 0.3) is 0 Å². The molecule has 0 aliphatic carbocycles. The van der Waals surface area contributed by atoms with Crippen molar-refractivity contribution in [3.63, 3.8) is 0 Å². The number of nitriles is 1. The van der Waals surface area contributed by atoms with Gasteiger partial charge in [-0.15, -0.1) is 0 Å².